The molecule has 0 radical (unpaired) electrons. The first-order chi connectivity index (χ1) is 8.86. The maximum absolute atomic E-state index is 11.8. The van der Waals surface area contributed by atoms with E-state index in [1.807, 2.05) is 6.92 Å². The van der Waals surface area contributed by atoms with Gasteiger partial charge in [-0.2, -0.15) is 0 Å². The highest BCUT2D eigenvalue weighted by Crippen LogP contribution is 2.11. The van der Waals surface area contributed by atoms with Crippen LogP contribution < -0.4 is 11.1 Å². The summed E-state index contributed by atoms with van der Waals surface area (Å²) in [5.41, 5.74) is 5.05. The monoisotopic (exact) mass is 268 g/mol. The molecule has 7 nitrogen and oxygen atoms in total. The van der Waals surface area contributed by atoms with Gasteiger partial charge in [0.2, 0.25) is 0 Å². The summed E-state index contributed by atoms with van der Waals surface area (Å²) in [5, 5.41) is 11.4. The number of carboxylic acids is 1. The van der Waals surface area contributed by atoms with Crippen molar-refractivity contribution in [2.45, 2.75) is 26.3 Å². The topological polar surface area (TPSA) is 123 Å². The van der Waals surface area contributed by atoms with Crippen LogP contribution in [0.3, 0.4) is 0 Å². The summed E-state index contributed by atoms with van der Waals surface area (Å²) in [4.78, 5) is 33.7. The Morgan fingerprint density at radius 3 is 2.53 bits per heavy atom. The second kappa shape index (κ2) is 6.03. The van der Waals surface area contributed by atoms with Gasteiger partial charge in [-0.15, -0.1) is 0 Å². The summed E-state index contributed by atoms with van der Waals surface area (Å²) >= 11 is 0. The van der Waals surface area contributed by atoms with E-state index in [1.54, 1.807) is 6.92 Å². The van der Waals surface area contributed by atoms with Crippen LogP contribution in [0.2, 0.25) is 0 Å². The van der Waals surface area contributed by atoms with Crippen molar-refractivity contribution in [3.05, 3.63) is 23.7 Å². The Kier molecular flexibility index (Phi) is 4.68. The zero-order chi connectivity index (χ0) is 14.6. The lowest BCUT2D eigenvalue weighted by molar-refractivity contribution is -0.140. The first-order valence-corrected chi connectivity index (χ1v) is 5.78. The smallest absolute Gasteiger partial charge is 0.326 e. The number of furan rings is 1. The summed E-state index contributed by atoms with van der Waals surface area (Å²) in [7, 11) is 0. The third-order valence-corrected chi connectivity index (χ3v) is 2.87. The zero-order valence-electron chi connectivity index (χ0n) is 10.7. The molecule has 0 fully saturated rings. The average molecular weight is 268 g/mol. The molecule has 0 aromatic carbocycles. The molecule has 0 saturated carbocycles. The molecule has 19 heavy (non-hydrogen) atoms. The van der Waals surface area contributed by atoms with Gasteiger partial charge in [0.25, 0.3) is 11.8 Å². The van der Waals surface area contributed by atoms with Crippen molar-refractivity contribution in [2.75, 3.05) is 0 Å². The highest BCUT2D eigenvalue weighted by atomic mass is 16.4. The van der Waals surface area contributed by atoms with E-state index in [1.165, 1.54) is 6.07 Å². The van der Waals surface area contributed by atoms with E-state index >= 15 is 0 Å². The lowest BCUT2D eigenvalue weighted by Crippen LogP contribution is -2.44. The van der Waals surface area contributed by atoms with E-state index in [9.17, 15) is 14.4 Å². The number of hydrogen-bond donors (Lipinski definition) is 3. The molecule has 0 bridgehead atoms. The fraction of sp³-hybridized carbons (Fsp3) is 0.417. The largest absolute Gasteiger partial charge is 0.480 e. The van der Waals surface area contributed by atoms with Gasteiger partial charge in [0.15, 0.2) is 5.76 Å². The van der Waals surface area contributed by atoms with Crippen molar-refractivity contribution in [3.63, 3.8) is 0 Å². The van der Waals surface area contributed by atoms with Crippen molar-refractivity contribution in [1.29, 1.82) is 0 Å². The number of hydrogen-bond acceptors (Lipinski definition) is 4. The molecule has 0 unspecified atom stereocenters. The van der Waals surface area contributed by atoms with Crippen LogP contribution in [0.25, 0.3) is 0 Å². The Bertz CT molecular complexity index is 494. The summed E-state index contributed by atoms with van der Waals surface area (Å²) in [5.74, 6) is -2.90. The van der Waals surface area contributed by atoms with Crippen LogP contribution in [0.4, 0.5) is 0 Å². The van der Waals surface area contributed by atoms with Gasteiger partial charge < -0.3 is 20.6 Å². The zero-order valence-corrected chi connectivity index (χ0v) is 10.7. The summed E-state index contributed by atoms with van der Waals surface area (Å²) < 4.78 is 4.79. The maximum Gasteiger partial charge on any atom is 0.326 e. The lowest BCUT2D eigenvalue weighted by atomic mass is 9.99. The fourth-order valence-corrected chi connectivity index (χ4v) is 1.49. The molecule has 1 rings (SSSR count). The number of primary amides is 1. The molecule has 0 saturated heterocycles. The molecule has 0 aliphatic carbocycles. The number of aliphatic carboxylic acids is 1. The second-order valence-electron chi connectivity index (χ2n) is 4.24. The van der Waals surface area contributed by atoms with Crippen LogP contribution >= 0.6 is 0 Å². The predicted molar refractivity (Wildman–Crippen MR) is 65.6 cm³/mol. The minimum atomic E-state index is -1.11. The van der Waals surface area contributed by atoms with Crippen LogP contribution in [0.1, 0.15) is 41.2 Å². The van der Waals surface area contributed by atoms with E-state index in [4.69, 9.17) is 15.3 Å². The van der Waals surface area contributed by atoms with Gasteiger partial charge in [-0.25, -0.2) is 4.79 Å². The molecule has 1 aromatic heterocycles. The molecular weight excluding hydrogens is 252 g/mol. The molecule has 7 heteroatoms. The number of carbonyl (C=O) groups is 3. The lowest BCUT2D eigenvalue weighted by Gasteiger charge is -2.19. The van der Waals surface area contributed by atoms with Crippen molar-refractivity contribution in [1.82, 2.24) is 5.32 Å². The molecule has 0 spiro atoms. The van der Waals surface area contributed by atoms with Gasteiger partial charge in [-0.1, -0.05) is 20.3 Å². The summed E-state index contributed by atoms with van der Waals surface area (Å²) in [6.45, 7) is 3.55. The molecule has 4 N–H and O–H groups in total. The van der Waals surface area contributed by atoms with Crippen LogP contribution in [-0.2, 0) is 4.79 Å². The molecule has 104 valence electrons. The van der Waals surface area contributed by atoms with Gasteiger partial charge in [0.05, 0.1) is 5.56 Å². The van der Waals surface area contributed by atoms with Crippen molar-refractivity contribution >= 4 is 17.8 Å². The standard InChI is InChI=1S/C12H16N2O5/c1-3-6(2)9(12(17)18)14-11(16)7-4-8(10(13)15)19-5-7/h4-6,9H,3H2,1-2H3,(H2,13,15)(H,14,16)(H,17,18)/t6-,9-/m0/s1. The van der Waals surface area contributed by atoms with Crippen LogP contribution in [0, 0.1) is 5.92 Å². The maximum atomic E-state index is 11.8. The Hall–Kier alpha value is -2.31. The van der Waals surface area contributed by atoms with E-state index in [-0.39, 0.29) is 17.2 Å². The SMILES string of the molecule is CC[C@H](C)[C@H](NC(=O)c1coc(C(N)=O)c1)C(=O)O. The van der Waals surface area contributed by atoms with Gasteiger partial charge in [-0.05, 0) is 5.92 Å². The minimum Gasteiger partial charge on any atom is -0.480 e. The van der Waals surface area contributed by atoms with Gasteiger partial charge in [-0.3, -0.25) is 9.59 Å². The quantitative estimate of drug-likeness (QED) is 0.697. The molecule has 0 aliphatic heterocycles. The van der Waals surface area contributed by atoms with Crippen LogP contribution in [0.15, 0.2) is 16.7 Å². The van der Waals surface area contributed by atoms with Crippen molar-refractivity contribution in [3.8, 4) is 0 Å². The highest BCUT2D eigenvalue weighted by Gasteiger charge is 2.26. The van der Waals surface area contributed by atoms with Gasteiger partial charge >= 0.3 is 5.97 Å². The average Bonchev–Trinajstić information content (AvgIpc) is 2.84. The minimum absolute atomic E-state index is 0.0587. The number of nitrogens with two attached hydrogens (primary N) is 1. The van der Waals surface area contributed by atoms with Crippen LogP contribution in [-0.4, -0.2) is 28.9 Å². The fourth-order valence-electron chi connectivity index (χ4n) is 1.49. The number of carbonyl (C=O) groups excluding carboxylic acids is 2. The highest BCUT2D eigenvalue weighted by molar-refractivity contribution is 5.99. The summed E-state index contributed by atoms with van der Waals surface area (Å²) in [6, 6.07) is 0.178. The third kappa shape index (κ3) is 3.57. The Morgan fingerprint density at radius 2 is 2.11 bits per heavy atom. The number of nitrogens with one attached hydrogen (secondary N) is 1. The van der Waals surface area contributed by atoms with Crippen LogP contribution in [0.5, 0.6) is 0 Å². The predicted octanol–water partition coefficient (Wildman–Crippen LogP) is 0.608. The molecule has 1 heterocycles. The van der Waals surface area contributed by atoms with Gasteiger partial charge in [0.1, 0.15) is 12.3 Å². The molecule has 0 aliphatic rings. The summed E-state index contributed by atoms with van der Waals surface area (Å²) in [6.07, 6.45) is 1.67. The third-order valence-electron chi connectivity index (χ3n) is 2.87. The first-order valence-electron chi connectivity index (χ1n) is 5.78. The molecular formula is C12H16N2O5. The Labute approximate surface area is 109 Å². The normalized spacial score (nSPS) is 13.6. The van der Waals surface area contributed by atoms with E-state index in [0.717, 1.165) is 6.26 Å². The van der Waals surface area contributed by atoms with Crippen molar-refractivity contribution in [2.24, 2.45) is 11.7 Å². The van der Waals surface area contributed by atoms with E-state index in [2.05, 4.69) is 5.32 Å². The first kappa shape index (κ1) is 14.7. The van der Waals surface area contributed by atoms with E-state index < -0.39 is 23.8 Å². The van der Waals surface area contributed by atoms with Gasteiger partial charge in [0, 0.05) is 6.07 Å². The Morgan fingerprint density at radius 1 is 1.47 bits per heavy atom. The second-order valence-corrected chi connectivity index (χ2v) is 4.24. The van der Waals surface area contributed by atoms with E-state index in [0.29, 0.717) is 6.42 Å². The molecule has 1 aromatic rings. The number of carboxylic acid groups (broad SMARTS) is 1. The van der Waals surface area contributed by atoms with Crippen molar-refractivity contribution < 1.29 is 23.9 Å². The number of rotatable bonds is 6. The molecule has 2 amide bonds. The molecule has 2 atom stereocenters. The Balaban J connectivity index is 2.81. The number of amides is 2.